The van der Waals surface area contributed by atoms with E-state index in [0.29, 0.717) is 11.3 Å². The lowest BCUT2D eigenvalue weighted by Crippen LogP contribution is -2.30. The minimum Gasteiger partial charge on any atom is -0.425 e. The Hall–Kier alpha value is -1.86. The number of nitrogens with zero attached hydrogens (tertiary/aromatic N) is 1. The van der Waals surface area contributed by atoms with Crippen molar-refractivity contribution in [2.75, 3.05) is 0 Å². The Morgan fingerprint density at radius 3 is 2.93 bits per heavy atom. The van der Waals surface area contributed by atoms with Crippen molar-refractivity contribution in [1.82, 2.24) is 0 Å². The molecule has 0 aliphatic carbocycles. The summed E-state index contributed by atoms with van der Waals surface area (Å²) in [4.78, 5) is 11.1. The van der Waals surface area contributed by atoms with Gasteiger partial charge < -0.3 is 10.5 Å². The Labute approximate surface area is 81.9 Å². The highest BCUT2D eigenvalue weighted by molar-refractivity contribution is 5.77. The van der Waals surface area contributed by atoms with Crippen molar-refractivity contribution < 1.29 is 9.53 Å². The largest absolute Gasteiger partial charge is 0.425 e. The summed E-state index contributed by atoms with van der Waals surface area (Å²) in [7, 11) is 0. The van der Waals surface area contributed by atoms with Crippen LogP contribution in [-0.4, -0.2) is 12.0 Å². The Morgan fingerprint density at radius 1 is 1.64 bits per heavy atom. The lowest BCUT2D eigenvalue weighted by atomic mass is 10.2. The lowest BCUT2D eigenvalue weighted by Gasteiger charge is -2.06. The van der Waals surface area contributed by atoms with E-state index in [0.717, 1.165) is 0 Å². The Kier molecular flexibility index (Phi) is 3.21. The van der Waals surface area contributed by atoms with E-state index in [-0.39, 0.29) is 0 Å². The summed E-state index contributed by atoms with van der Waals surface area (Å²) in [5, 5.41) is 8.59. The van der Waals surface area contributed by atoms with Gasteiger partial charge in [-0.05, 0) is 25.1 Å². The topological polar surface area (TPSA) is 76.1 Å². The normalized spacial score (nSPS) is 11.5. The number of rotatable bonds is 2. The molecule has 1 atom stereocenters. The molecule has 4 heteroatoms. The van der Waals surface area contributed by atoms with Crippen LogP contribution in [0.5, 0.6) is 5.75 Å². The predicted molar refractivity (Wildman–Crippen MR) is 50.4 cm³/mol. The van der Waals surface area contributed by atoms with Gasteiger partial charge in [0.25, 0.3) is 0 Å². The second kappa shape index (κ2) is 4.40. The fourth-order valence-corrected chi connectivity index (χ4v) is 0.838. The number of carbonyl (C=O) groups is 1. The molecule has 0 fully saturated rings. The SMILES string of the molecule is C[C@H](N)C(=O)Oc1cccc(C#N)c1. The van der Waals surface area contributed by atoms with E-state index in [1.807, 2.05) is 6.07 Å². The molecule has 0 bridgehead atoms. The molecule has 1 aromatic carbocycles. The van der Waals surface area contributed by atoms with Gasteiger partial charge in [0.15, 0.2) is 0 Å². The van der Waals surface area contributed by atoms with Gasteiger partial charge in [-0.25, -0.2) is 4.79 Å². The van der Waals surface area contributed by atoms with Crippen molar-refractivity contribution in [2.24, 2.45) is 5.73 Å². The van der Waals surface area contributed by atoms with Gasteiger partial charge in [-0.2, -0.15) is 5.26 Å². The van der Waals surface area contributed by atoms with Crippen LogP contribution < -0.4 is 10.5 Å². The summed E-state index contributed by atoms with van der Waals surface area (Å²) in [5.74, 6) is -0.175. The molecule has 0 aliphatic heterocycles. The van der Waals surface area contributed by atoms with Gasteiger partial charge in [0.1, 0.15) is 11.8 Å². The average Bonchev–Trinajstić information content (AvgIpc) is 2.18. The number of carbonyl (C=O) groups excluding carboxylic acids is 1. The average molecular weight is 190 g/mol. The molecule has 0 saturated carbocycles. The zero-order valence-electron chi connectivity index (χ0n) is 7.73. The van der Waals surface area contributed by atoms with Crippen LogP contribution in [0.1, 0.15) is 12.5 Å². The monoisotopic (exact) mass is 190 g/mol. The zero-order valence-corrected chi connectivity index (χ0v) is 7.73. The first-order chi connectivity index (χ1) is 6.63. The van der Waals surface area contributed by atoms with E-state index in [1.54, 1.807) is 18.2 Å². The number of nitriles is 1. The smallest absolute Gasteiger partial charge is 0.328 e. The molecule has 2 N–H and O–H groups in total. The van der Waals surface area contributed by atoms with E-state index < -0.39 is 12.0 Å². The van der Waals surface area contributed by atoms with Crippen LogP contribution in [0.25, 0.3) is 0 Å². The van der Waals surface area contributed by atoms with Crippen molar-refractivity contribution in [1.29, 1.82) is 5.26 Å². The highest BCUT2D eigenvalue weighted by Crippen LogP contribution is 2.12. The van der Waals surface area contributed by atoms with Gasteiger partial charge in [-0.3, -0.25) is 0 Å². The number of esters is 1. The number of benzene rings is 1. The summed E-state index contributed by atoms with van der Waals surface area (Å²) in [6, 6.07) is 7.64. The number of ether oxygens (including phenoxy) is 1. The van der Waals surface area contributed by atoms with Crippen molar-refractivity contribution in [3.05, 3.63) is 29.8 Å². The maximum Gasteiger partial charge on any atom is 0.328 e. The van der Waals surface area contributed by atoms with Gasteiger partial charge in [0.05, 0.1) is 11.6 Å². The first-order valence-corrected chi connectivity index (χ1v) is 4.11. The van der Waals surface area contributed by atoms with E-state index in [9.17, 15) is 4.79 Å². The number of hydrogen-bond donors (Lipinski definition) is 1. The molecule has 1 aromatic rings. The van der Waals surface area contributed by atoms with Crippen molar-refractivity contribution in [2.45, 2.75) is 13.0 Å². The zero-order chi connectivity index (χ0) is 10.6. The summed E-state index contributed by atoms with van der Waals surface area (Å²) in [6.45, 7) is 1.54. The molecule has 72 valence electrons. The third kappa shape index (κ3) is 2.57. The fraction of sp³-hybridized carbons (Fsp3) is 0.200. The quantitative estimate of drug-likeness (QED) is 0.553. The Bertz CT molecular complexity index is 380. The fourth-order valence-electron chi connectivity index (χ4n) is 0.838. The maximum atomic E-state index is 11.1. The molecule has 0 radical (unpaired) electrons. The summed E-state index contributed by atoms with van der Waals surface area (Å²) < 4.78 is 4.90. The first-order valence-electron chi connectivity index (χ1n) is 4.11. The Balaban J connectivity index is 2.78. The third-order valence-electron chi connectivity index (χ3n) is 1.55. The minimum absolute atomic E-state index is 0.339. The van der Waals surface area contributed by atoms with E-state index in [4.69, 9.17) is 15.7 Å². The summed E-state index contributed by atoms with van der Waals surface area (Å²) >= 11 is 0. The van der Waals surface area contributed by atoms with E-state index in [1.165, 1.54) is 13.0 Å². The molecule has 0 unspecified atom stereocenters. The van der Waals surface area contributed by atoms with Crippen LogP contribution in [0.3, 0.4) is 0 Å². The van der Waals surface area contributed by atoms with Crippen LogP contribution in [0, 0.1) is 11.3 Å². The van der Waals surface area contributed by atoms with E-state index >= 15 is 0 Å². The first kappa shape index (κ1) is 10.2. The molecule has 0 heterocycles. The summed E-state index contributed by atoms with van der Waals surface area (Å²) in [5.41, 5.74) is 5.76. The molecule has 4 nitrogen and oxygen atoms in total. The van der Waals surface area contributed by atoms with Crippen molar-refractivity contribution in [3.8, 4) is 11.8 Å². The molecule has 0 spiro atoms. The molecule has 1 rings (SSSR count). The molecular weight excluding hydrogens is 180 g/mol. The predicted octanol–water partition coefficient (Wildman–Crippen LogP) is 0.811. The van der Waals surface area contributed by atoms with Crippen LogP contribution in [-0.2, 0) is 4.79 Å². The van der Waals surface area contributed by atoms with Crippen LogP contribution in [0.4, 0.5) is 0 Å². The maximum absolute atomic E-state index is 11.1. The molecule has 0 amide bonds. The number of nitrogens with two attached hydrogens (primary N) is 1. The van der Waals surface area contributed by atoms with Crippen LogP contribution in [0.2, 0.25) is 0 Å². The van der Waals surface area contributed by atoms with Gasteiger partial charge in [-0.1, -0.05) is 6.07 Å². The highest BCUT2D eigenvalue weighted by atomic mass is 16.5. The second-order valence-electron chi connectivity index (χ2n) is 2.85. The van der Waals surface area contributed by atoms with Crippen LogP contribution >= 0.6 is 0 Å². The van der Waals surface area contributed by atoms with Crippen molar-refractivity contribution >= 4 is 5.97 Å². The van der Waals surface area contributed by atoms with E-state index in [2.05, 4.69) is 0 Å². The molecular formula is C10H10N2O2. The molecule has 0 aromatic heterocycles. The van der Waals surface area contributed by atoms with Gasteiger partial charge >= 0.3 is 5.97 Å². The van der Waals surface area contributed by atoms with Crippen LogP contribution in [0.15, 0.2) is 24.3 Å². The molecule has 14 heavy (non-hydrogen) atoms. The lowest BCUT2D eigenvalue weighted by molar-refractivity contribution is -0.135. The van der Waals surface area contributed by atoms with Gasteiger partial charge in [0.2, 0.25) is 0 Å². The van der Waals surface area contributed by atoms with Gasteiger partial charge in [-0.15, -0.1) is 0 Å². The molecule has 0 aliphatic rings. The minimum atomic E-state index is -0.666. The second-order valence-corrected chi connectivity index (χ2v) is 2.85. The summed E-state index contributed by atoms with van der Waals surface area (Å²) in [6.07, 6.45) is 0. The highest BCUT2D eigenvalue weighted by Gasteiger charge is 2.09. The Morgan fingerprint density at radius 2 is 2.36 bits per heavy atom. The third-order valence-corrected chi connectivity index (χ3v) is 1.55. The number of hydrogen-bond acceptors (Lipinski definition) is 4. The van der Waals surface area contributed by atoms with Gasteiger partial charge in [0, 0.05) is 0 Å². The van der Waals surface area contributed by atoms with Crippen molar-refractivity contribution in [3.63, 3.8) is 0 Å². The standard InChI is InChI=1S/C10H10N2O2/c1-7(12)10(13)14-9-4-2-3-8(5-9)6-11/h2-5,7H,12H2,1H3/t7-/m0/s1. The molecule has 0 saturated heterocycles.